The number of halogens is 3. The van der Waals surface area contributed by atoms with Gasteiger partial charge in [-0.05, 0) is 47.6 Å². The molecular formula is C23H25F3N2O2. The number of rotatable bonds is 6. The minimum atomic E-state index is -4.78. The van der Waals surface area contributed by atoms with E-state index in [1.165, 1.54) is 29.3 Å². The predicted octanol–water partition coefficient (Wildman–Crippen LogP) is 4.35. The molecule has 4 nitrogen and oxygen atoms in total. The molecule has 30 heavy (non-hydrogen) atoms. The van der Waals surface area contributed by atoms with Crippen molar-refractivity contribution >= 4 is 5.91 Å². The van der Waals surface area contributed by atoms with Gasteiger partial charge in [0.05, 0.1) is 0 Å². The van der Waals surface area contributed by atoms with Gasteiger partial charge in [0.25, 0.3) is 5.91 Å². The van der Waals surface area contributed by atoms with E-state index in [1.54, 1.807) is 11.9 Å². The number of carbonyl (C=O) groups is 1. The van der Waals surface area contributed by atoms with Gasteiger partial charge in [0.2, 0.25) is 0 Å². The molecule has 2 aromatic rings. The van der Waals surface area contributed by atoms with Crippen molar-refractivity contribution in [3.05, 3.63) is 65.2 Å². The highest BCUT2D eigenvalue weighted by Gasteiger charge is 2.58. The molecule has 0 N–H and O–H groups in total. The number of likely N-dealkylation sites (tertiary alicyclic amines) is 1. The molecular weight excluding hydrogens is 393 g/mol. The average Bonchev–Trinajstić information content (AvgIpc) is 3.21. The fourth-order valence-electron chi connectivity index (χ4n) is 4.59. The smallest absolute Gasteiger partial charge is 0.406 e. The number of hydrogen-bond acceptors (Lipinski definition) is 3. The number of nitrogens with zero attached hydrogens (tertiary/aromatic N) is 2. The summed E-state index contributed by atoms with van der Waals surface area (Å²) < 4.78 is 41.2. The van der Waals surface area contributed by atoms with Gasteiger partial charge in [-0.2, -0.15) is 0 Å². The van der Waals surface area contributed by atoms with Gasteiger partial charge in [-0.1, -0.05) is 37.3 Å². The maximum atomic E-state index is 12.8. The molecule has 2 unspecified atom stereocenters. The molecule has 1 saturated carbocycles. The number of ether oxygens (including phenoxy) is 1. The lowest BCUT2D eigenvalue weighted by molar-refractivity contribution is -0.274. The van der Waals surface area contributed by atoms with Crippen LogP contribution in [-0.4, -0.2) is 48.2 Å². The number of carbonyl (C=O) groups excluding carboxylic acids is 1. The third-order valence-corrected chi connectivity index (χ3v) is 6.14. The molecule has 160 valence electrons. The Labute approximate surface area is 174 Å². The largest absolute Gasteiger partial charge is 0.573 e. The van der Waals surface area contributed by atoms with E-state index in [1.807, 2.05) is 0 Å². The van der Waals surface area contributed by atoms with E-state index in [4.69, 9.17) is 0 Å². The minimum Gasteiger partial charge on any atom is -0.406 e. The molecule has 1 amide bonds. The molecule has 0 radical (unpaired) electrons. The second kappa shape index (κ2) is 7.95. The second-order valence-electron chi connectivity index (χ2n) is 8.17. The van der Waals surface area contributed by atoms with E-state index in [2.05, 4.69) is 40.8 Å². The Morgan fingerprint density at radius 2 is 1.73 bits per heavy atom. The van der Waals surface area contributed by atoms with Gasteiger partial charge in [-0.25, -0.2) is 0 Å². The summed E-state index contributed by atoms with van der Waals surface area (Å²) in [5.74, 6) is 0.189. The Balaban J connectivity index is 1.33. The first-order chi connectivity index (χ1) is 14.2. The number of hydrogen-bond donors (Lipinski definition) is 0. The van der Waals surface area contributed by atoms with Crippen LogP contribution in [0, 0.1) is 11.8 Å². The van der Waals surface area contributed by atoms with Gasteiger partial charge in [0, 0.05) is 38.3 Å². The first-order valence-corrected chi connectivity index (χ1v) is 10.2. The normalized spacial score (nSPS) is 23.2. The lowest BCUT2D eigenvalue weighted by Gasteiger charge is -2.24. The summed E-state index contributed by atoms with van der Waals surface area (Å²) in [5, 5.41) is 0. The predicted molar refractivity (Wildman–Crippen MR) is 107 cm³/mol. The summed E-state index contributed by atoms with van der Waals surface area (Å²) in [4.78, 5) is 16.9. The highest BCUT2D eigenvalue weighted by molar-refractivity contribution is 5.95. The van der Waals surface area contributed by atoms with E-state index in [0.717, 1.165) is 32.1 Å². The second-order valence-corrected chi connectivity index (χ2v) is 8.17. The minimum absolute atomic E-state index is 0.142. The lowest BCUT2D eigenvalue weighted by atomic mass is 10.1. The van der Waals surface area contributed by atoms with Gasteiger partial charge >= 0.3 is 6.36 Å². The van der Waals surface area contributed by atoms with E-state index >= 15 is 0 Å². The summed E-state index contributed by atoms with van der Waals surface area (Å²) in [6.45, 7) is 4.90. The first-order valence-electron chi connectivity index (χ1n) is 10.2. The molecule has 1 saturated heterocycles. The van der Waals surface area contributed by atoms with Crippen molar-refractivity contribution in [1.29, 1.82) is 0 Å². The number of amides is 1. The van der Waals surface area contributed by atoms with Crippen LogP contribution in [0.2, 0.25) is 0 Å². The Hall–Kier alpha value is -2.54. The average molecular weight is 418 g/mol. The standard InChI is InChI=1S/C23H25F3N2O2/c1-3-15-7-9-16(10-8-15)12-28-13-19-20(14-28)21(19)27(2)22(29)17-5-4-6-18(11-17)30-23(24,25)26/h4-11,19-21H,3,12-14H2,1-2H3. The van der Waals surface area contributed by atoms with Gasteiger partial charge < -0.3 is 9.64 Å². The fraction of sp³-hybridized carbons (Fsp3) is 0.435. The van der Waals surface area contributed by atoms with Gasteiger partial charge in [-0.3, -0.25) is 9.69 Å². The van der Waals surface area contributed by atoms with Crippen molar-refractivity contribution < 1.29 is 22.7 Å². The molecule has 0 bridgehead atoms. The van der Waals surface area contributed by atoms with E-state index < -0.39 is 6.36 Å². The Bertz CT molecular complexity index is 901. The summed E-state index contributed by atoms with van der Waals surface area (Å²) >= 11 is 0. The monoisotopic (exact) mass is 418 g/mol. The van der Waals surface area contributed by atoms with Crippen LogP contribution in [0.3, 0.4) is 0 Å². The van der Waals surface area contributed by atoms with Crippen LogP contribution in [0.4, 0.5) is 13.2 Å². The zero-order valence-corrected chi connectivity index (χ0v) is 17.0. The van der Waals surface area contributed by atoms with E-state index in [0.29, 0.717) is 11.8 Å². The molecule has 2 atom stereocenters. The van der Waals surface area contributed by atoms with Crippen molar-refractivity contribution in [3.63, 3.8) is 0 Å². The molecule has 0 aromatic heterocycles. The highest BCUT2D eigenvalue weighted by atomic mass is 19.4. The van der Waals surface area contributed by atoms with Crippen LogP contribution in [0.15, 0.2) is 48.5 Å². The number of aryl methyl sites for hydroxylation is 1. The molecule has 7 heteroatoms. The summed E-state index contributed by atoms with van der Waals surface area (Å²) in [6, 6.07) is 14.1. The molecule has 2 aromatic carbocycles. The van der Waals surface area contributed by atoms with Crippen molar-refractivity contribution in [2.24, 2.45) is 11.8 Å². The lowest BCUT2D eigenvalue weighted by Crippen LogP contribution is -2.36. The third-order valence-electron chi connectivity index (χ3n) is 6.14. The fourth-order valence-corrected chi connectivity index (χ4v) is 4.59. The maximum Gasteiger partial charge on any atom is 0.573 e. The van der Waals surface area contributed by atoms with Gasteiger partial charge in [0.1, 0.15) is 5.75 Å². The zero-order valence-electron chi connectivity index (χ0n) is 17.0. The summed E-state index contributed by atoms with van der Waals surface area (Å²) in [5.41, 5.74) is 2.82. The van der Waals surface area contributed by atoms with E-state index in [-0.39, 0.29) is 23.3 Å². The first kappa shape index (κ1) is 20.7. The number of alkyl halides is 3. The van der Waals surface area contributed by atoms with Crippen molar-refractivity contribution in [2.45, 2.75) is 32.3 Å². The quantitative estimate of drug-likeness (QED) is 0.699. The van der Waals surface area contributed by atoms with Crippen LogP contribution in [0.5, 0.6) is 5.75 Å². The van der Waals surface area contributed by atoms with Crippen LogP contribution in [0.1, 0.15) is 28.4 Å². The van der Waals surface area contributed by atoms with Crippen LogP contribution in [-0.2, 0) is 13.0 Å². The van der Waals surface area contributed by atoms with Gasteiger partial charge in [-0.15, -0.1) is 13.2 Å². The summed E-state index contributed by atoms with van der Waals surface area (Å²) in [6.07, 6.45) is -3.75. The molecule has 2 fully saturated rings. The van der Waals surface area contributed by atoms with Gasteiger partial charge in [0.15, 0.2) is 0 Å². The molecule has 1 aliphatic carbocycles. The highest BCUT2D eigenvalue weighted by Crippen LogP contribution is 2.49. The van der Waals surface area contributed by atoms with Crippen LogP contribution in [0.25, 0.3) is 0 Å². The number of piperidine rings is 1. The Morgan fingerprint density at radius 1 is 1.10 bits per heavy atom. The Kier molecular flexibility index (Phi) is 5.49. The number of benzene rings is 2. The van der Waals surface area contributed by atoms with E-state index in [9.17, 15) is 18.0 Å². The number of fused-ring (bicyclic) bond motifs is 1. The van der Waals surface area contributed by atoms with Crippen molar-refractivity contribution in [1.82, 2.24) is 9.80 Å². The van der Waals surface area contributed by atoms with Crippen molar-refractivity contribution in [3.8, 4) is 5.75 Å². The molecule has 0 spiro atoms. The van der Waals surface area contributed by atoms with Crippen LogP contribution >= 0.6 is 0 Å². The van der Waals surface area contributed by atoms with Crippen LogP contribution < -0.4 is 4.74 Å². The molecule has 2 aliphatic rings. The zero-order chi connectivity index (χ0) is 21.5. The molecule has 1 heterocycles. The Morgan fingerprint density at radius 3 is 2.33 bits per heavy atom. The maximum absolute atomic E-state index is 12.8. The summed E-state index contributed by atoms with van der Waals surface area (Å²) in [7, 11) is 1.73. The SMILES string of the molecule is CCc1ccc(CN2CC3C(C2)C3N(C)C(=O)c2cccc(OC(F)(F)F)c2)cc1. The van der Waals surface area contributed by atoms with Crippen molar-refractivity contribution in [2.75, 3.05) is 20.1 Å². The topological polar surface area (TPSA) is 32.8 Å². The third kappa shape index (κ3) is 4.46. The molecule has 4 rings (SSSR count). The molecule has 1 aliphatic heterocycles.